The monoisotopic (exact) mass is 662 g/mol. The highest BCUT2D eigenvalue weighted by Crippen LogP contribution is 2.45. The quantitative estimate of drug-likeness (QED) is 0.112. The number of halogens is 1. The van der Waals surface area contributed by atoms with Crippen LogP contribution in [0.3, 0.4) is 0 Å². The second-order valence-electron chi connectivity index (χ2n) is 10.7. The minimum absolute atomic E-state index is 0.00265. The van der Waals surface area contributed by atoms with Gasteiger partial charge in [0.1, 0.15) is 16.8 Å². The lowest BCUT2D eigenvalue weighted by atomic mass is 10.0. The Morgan fingerprint density at radius 3 is 2.33 bits per heavy atom. The highest BCUT2D eigenvalue weighted by Gasteiger charge is 2.29. The predicted octanol–water partition coefficient (Wildman–Crippen LogP) is 3.30. The predicted molar refractivity (Wildman–Crippen MR) is 172 cm³/mol. The zero-order chi connectivity index (χ0) is 34.2. The number of fused-ring (bicyclic) bond motifs is 2. The average molecular weight is 663 g/mol. The molecule has 0 unspecified atom stereocenters. The van der Waals surface area contributed by atoms with Gasteiger partial charge in [-0.25, -0.2) is 9.37 Å². The van der Waals surface area contributed by atoms with Gasteiger partial charge in [-0.3, -0.25) is 24.0 Å². The van der Waals surface area contributed by atoms with Gasteiger partial charge in [-0.05, 0) is 44.5 Å². The van der Waals surface area contributed by atoms with Gasteiger partial charge in [-0.15, -0.1) is 0 Å². The Balaban J connectivity index is 1.49. The van der Waals surface area contributed by atoms with Crippen molar-refractivity contribution in [2.45, 2.75) is 39.7 Å². The number of amides is 2. The fraction of sp³-hybridized carbons (Fsp3) is 0.333. The first-order valence-corrected chi connectivity index (χ1v) is 15.5. The van der Waals surface area contributed by atoms with Crippen molar-refractivity contribution in [3.05, 3.63) is 76.4 Å². The molecule has 15 heteroatoms. The van der Waals surface area contributed by atoms with Crippen molar-refractivity contribution in [1.29, 1.82) is 0 Å². The number of imidazole rings is 1. The molecule has 3 heterocycles. The summed E-state index contributed by atoms with van der Waals surface area (Å²) in [6, 6.07) is 5.61. The maximum atomic E-state index is 15.8. The van der Waals surface area contributed by atoms with Crippen LogP contribution in [0.2, 0.25) is 0 Å². The van der Waals surface area contributed by atoms with Crippen LogP contribution < -0.4 is 26.1 Å². The number of aromatic nitrogens is 3. The lowest BCUT2D eigenvalue weighted by Gasteiger charge is -2.26. The Labute approximate surface area is 274 Å². The number of ether oxygens (including phenoxy) is 3. The molecular formula is C33H35FN6O8. The van der Waals surface area contributed by atoms with Crippen molar-refractivity contribution in [3.8, 4) is 17.2 Å². The maximum Gasteiger partial charge on any atom is 0.307 e. The molecule has 0 radical (unpaired) electrons. The number of esters is 2. The summed E-state index contributed by atoms with van der Waals surface area (Å²) in [6.45, 7) is 4.71. The Hall–Kier alpha value is -5.73. The average Bonchev–Trinajstić information content (AvgIpc) is 3.58. The summed E-state index contributed by atoms with van der Waals surface area (Å²) in [5.41, 5.74) is -0.211. The van der Waals surface area contributed by atoms with Gasteiger partial charge in [0.15, 0.2) is 17.3 Å². The van der Waals surface area contributed by atoms with Crippen LogP contribution >= 0.6 is 0 Å². The van der Waals surface area contributed by atoms with Gasteiger partial charge in [0.05, 0.1) is 43.5 Å². The fourth-order valence-electron chi connectivity index (χ4n) is 5.20. The first kappa shape index (κ1) is 33.6. The van der Waals surface area contributed by atoms with Crippen molar-refractivity contribution >= 4 is 40.3 Å². The first-order chi connectivity index (χ1) is 23.2. The summed E-state index contributed by atoms with van der Waals surface area (Å²) in [4.78, 5) is 67.2. The molecule has 0 atom stereocenters. The number of carbonyl (C=O) groups excluding carboxylic acids is 4. The third-order valence-corrected chi connectivity index (χ3v) is 7.43. The van der Waals surface area contributed by atoms with Gasteiger partial charge in [-0.2, -0.15) is 0 Å². The van der Waals surface area contributed by atoms with Crippen molar-refractivity contribution in [3.63, 3.8) is 0 Å². The molecule has 0 fully saturated rings. The molecule has 2 aromatic carbocycles. The summed E-state index contributed by atoms with van der Waals surface area (Å²) in [6.07, 6.45) is 6.98. The van der Waals surface area contributed by atoms with Crippen LogP contribution in [0.4, 0.5) is 10.1 Å². The van der Waals surface area contributed by atoms with Gasteiger partial charge in [-0.1, -0.05) is 0 Å². The van der Waals surface area contributed by atoms with Crippen LogP contribution in [-0.2, 0) is 25.6 Å². The van der Waals surface area contributed by atoms with E-state index < -0.39 is 35.0 Å². The number of rotatable bonds is 15. The molecule has 0 saturated carbocycles. The highest BCUT2D eigenvalue weighted by atomic mass is 19.1. The Morgan fingerprint density at radius 1 is 0.958 bits per heavy atom. The van der Waals surface area contributed by atoms with Gasteiger partial charge in [0.25, 0.3) is 11.8 Å². The molecule has 48 heavy (non-hydrogen) atoms. The topological polar surface area (TPSA) is 172 Å². The van der Waals surface area contributed by atoms with Crippen LogP contribution in [0.15, 0.2) is 54.0 Å². The molecule has 4 aromatic rings. The molecule has 252 valence electrons. The van der Waals surface area contributed by atoms with Crippen LogP contribution in [0.1, 0.15) is 53.8 Å². The lowest BCUT2D eigenvalue weighted by molar-refractivity contribution is -0.143. The number of hydrogen-bond acceptors (Lipinski definition) is 10. The molecule has 14 nitrogen and oxygen atoms in total. The Bertz CT molecular complexity index is 1910. The van der Waals surface area contributed by atoms with Crippen molar-refractivity contribution in [2.24, 2.45) is 0 Å². The number of nitrogens with zero attached hydrogens (tertiary/aromatic N) is 3. The van der Waals surface area contributed by atoms with Crippen molar-refractivity contribution in [1.82, 2.24) is 24.8 Å². The normalized spacial score (nSPS) is 11.3. The summed E-state index contributed by atoms with van der Waals surface area (Å²) >= 11 is 0. The number of aryl methyl sites for hydroxylation is 1. The van der Waals surface area contributed by atoms with E-state index in [-0.39, 0.29) is 78.4 Å². The van der Waals surface area contributed by atoms with Crippen LogP contribution in [0, 0.1) is 5.82 Å². The molecule has 2 aromatic heterocycles. The minimum atomic E-state index is -0.778. The van der Waals surface area contributed by atoms with Gasteiger partial charge < -0.3 is 39.3 Å². The number of anilines is 1. The molecule has 2 amide bonds. The van der Waals surface area contributed by atoms with Gasteiger partial charge >= 0.3 is 11.9 Å². The number of nitrogens with one attached hydrogen (secondary N) is 3. The fourth-order valence-corrected chi connectivity index (χ4v) is 5.20. The molecule has 1 aliphatic heterocycles. The lowest BCUT2D eigenvalue weighted by Crippen LogP contribution is -2.32. The number of hydrogen-bond donors (Lipinski definition) is 3. The second kappa shape index (κ2) is 15.2. The van der Waals surface area contributed by atoms with E-state index in [4.69, 9.17) is 14.2 Å². The minimum Gasteiger partial charge on any atom is -0.466 e. The van der Waals surface area contributed by atoms with Crippen molar-refractivity contribution in [2.75, 3.05) is 38.2 Å². The summed E-state index contributed by atoms with van der Waals surface area (Å²) in [7, 11) is 0. The molecule has 0 spiro atoms. The van der Waals surface area contributed by atoms with E-state index in [0.29, 0.717) is 25.2 Å². The van der Waals surface area contributed by atoms with E-state index in [1.165, 1.54) is 18.3 Å². The molecular weight excluding hydrogens is 627 g/mol. The largest absolute Gasteiger partial charge is 0.466 e. The molecule has 0 bridgehead atoms. The smallest absolute Gasteiger partial charge is 0.307 e. The molecule has 3 N–H and O–H groups in total. The van der Waals surface area contributed by atoms with E-state index in [9.17, 15) is 24.0 Å². The molecule has 0 saturated heterocycles. The first-order valence-electron chi connectivity index (χ1n) is 15.5. The number of carbonyl (C=O) groups is 4. The standard InChI is InChI=1S/C33H35FN6O8/c1-3-46-26(41)8-11-37-32(44)20-6-7-24-25(16-20)48-31-28(36-10-5-14-39-15-13-35-19-39)23(34)17-21-29(31)40(24)18-22(30(21)43)33(45)38-12-9-27(42)47-4-2/h6-7,13,15-19,36H,3-5,8-12,14H2,1-2H3,(H,37,44)(H,38,45). The molecule has 0 aliphatic carbocycles. The van der Waals surface area contributed by atoms with E-state index in [1.54, 1.807) is 37.0 Å². The van der Waals surface area contributed by atoms with Crippen molar-refractivity contribution < 1.29 is 37.8 Å². The molecule has 1 aliphatic rings. The summed E-state index contributed by atoms with van der Waals surface area (Å²) < 4.78 is 35.2. The van der Waals surface area contributed by atoms with Crippen LogP contribution in [0.25, 0.3) is 16.6 Å². The van der Waals surface area contributed by atoms with Crippen LogP contribution in [-0.4, -0.2) is 70.7 Å². The third kappa shape index (κ3) is 7.45. The number of benzene rings is 2. The van der Waals surface area contributed by atoms with E-state index in [0.717, 1.165) is 6.07 Å². The maximum absolute atomic E-state index is 15.8. The third-order valence-electron chi connectivity index (χ3n) is 7.43. The van der Waals surface area contributed by atoms with E-state index >= 15 is 4.39 Å². The zero-order valence-corrected chi connectivity index (χ0v) is 26.5. The highest BCUT2D eigenvalue weighted by molar-refractivity contribution is 6.02. The molecule has 5 rings (SSSR count). The van der Waals surface area contributed by atoms with E-state index in [1.807, 2.05) is 10.8 Å². The Kier molecular flexibility index (Phi) is 10.7. The second-order valence-corrected chi connectivity index (χ2v) is 10.7. The Morgan fingerprint density at radius 2 is 1.67 bits per heavy atom. The van der Waals surface area contributed by atoms with Gasteiger partial charge in [0, 0.05) is 50.3 Å². The number of pyridine rings is 1. The zero-order valence-electron chi connectivity index (χ0n) is 26.5. The van der Waals surface area contributed by atoms with E-state index in [2.05, 4.69) is 20.9 Å². The van der Waals surface area contributed by atoms with Gasteiger partial charge in [0.2, 0.25) is 5.43 Å². The van der Waals surface area contributed by atoms with Crippen LogP contribution in [0.5, 0.6) is 11.5 Å². The summed E-state index contributed by atoms with van der Waals surface area (Å²) in [5, 5.41) is 8.18. The SMILES string of the molecule is CCOC(=O)CCNC(=O)c1ccc2c(c1)Oc1c(NCCCn3ccnc3)c(F)cc3c(=O)c(C(=O)NCCC(=O)OCC)cn-2c13. The summed E-state index contributed by atoms with van der Waals surface area (Å²) in [5.74, 6) is -2.81.